The lowest BCUT2D eigenvalue weighted by Crippen LogP contribution is -2.49. The number of nitrogens with two attached hydrogens (primary N) is 1. The largest absolute Gasteiger partial charge is 0.350 e. The van der Waals surface area contributed by atoms with Crippen molar-refractivity contribution in [1.29, 1.82) is 0 Å². The maximum Gasteiger partial charge on any atom is 0.251 e. The van der Waals surface area contributed by atoms with Gasteiger partial charge in [0.05, 0.1) is 11.0 Å². The smallest absolute Gasteiger partial charge is 0.251 e. The Bertz CT molecular complexity index is 608. The number of nitrogens with one attached hydrogen (secondary N) is 1. The number of carbonyl (C=O) groups is 1. The minimum Gasteiger partial charge on any atom is -0.350 e. The Labute approximate surface area is 118 Å². The van der Waals surface area contributed by atoms with E-state index in [4.69, 9.17) is 5.73 Å². The van der Waals surface area contributed by atoms with E-state index in [0.29, 0.717) is 17.6 Å². The van der Waals surface area contributed by atoms with Gasteiger partial charge in [-0.1, -0.05) is 13.8 Å². The van der Waals surface area contributed by atoms with Gasteiger partial charge in [0.25, 0.3) is 5.91 Å². The topological polar surface area (TPSA) is 80.9 Å². The molecule has 5 heteroatoms. The van der Waals surface area contributed by atoms with Crippen LogP contribution in [-0.4, -0.2) is 28.0 Å². The van der Waals surface area contributed by atoms with Crippen molar-refractivity contribution in [1.82, 2.24) is 15.3 Å². The molecular weight excluding hydrogens is 252 g/mol. The summed E-state index contributed by atoms with van der Waals surface area (Å²) in [5.74, 6) is -0.130. The van der Waals surface area contributed by atoms with E-state index in [-0.39, 0.29) is 11.4 Å². The first-order valence-corrected chi connectivity index (χ1v) is 6.86. The molecule has 5 nitrogen and oxygen atoms in total. The summed E-state index contributed by atoms with van der Waals surface area (Å²) in [6, 6.07) is 5.29. The normalized spacial score (nSPS) is 11.6. The summed E-state index contributed by atoms with van der Waals surface area (Å²) in [5, 5.41) is 2.89. The maximum atomic E-state index is 12.2. The molecule has 20 heavy (non-hydrogen) atoms. The number of hydrogen-bond donors (Lipinski definition) is 2. The van der Waals surface area contributed by atoms with Gasteiger partial charge in [0, 0.05) is 30.0 Å². The summed E-state index contributed by atoms with van der Waals surface area (Å²) in [5.41, 5.74) is 7.90. The molecule has 0 unspecified atom stereocenters. The standard InChI is InChI=1S/C15H20N4O/c1-3-15(16,4-2)10-19-14(20)11-5-6-12-13(9-11)18-8-7-17-12/h5-9H,3-4,10,16H2,1-2H3,(H,19,20). The molecule has 1 aromatic heterocycles. The summed E-state index contributed by atoms with van der Waals surface area (Å²) >= 11 is 0. The van der Waals surface area contributed by atoms with Gasteiger partial charge in [-0.25, -0.2) is 0 Å². The molecule has 3 N–H and O–H groups in total. The van der Waals surface area contributed by atoms with Crippen LogP contribution in [0, 0.1) is 0 Å². The Kier molecular flexibility index (Phi) is 4.29. The Balaban J connectivity index is 2.11. The second kappa shape index (κ2) is 5.96. The Morgan fingerprint density at radius 3 is 2.50 bits per heavy atom. The van der Waals surface area contributed by atoms with E-state index >= 15 is 0 Å². The molecule has 0 saturated heterocycles. The second-order valence-electron chi connectivity index (χ2n) is 5.01. The lowest BCUT2D eigenvalue weighted by Gasteiger charge is -2.26. The van der Waals surface area contributed by atoms with Crippen LogP contribution < -0.4 is 11.1 Å². The van der Waals surface area contributed by atoms with E-state index in [9.17, 15) is 4.79 Å². The van der Waals surface area contributed by atoms with Crippen molar-refractivity contribution in [3.63, 3.8) is 0 Å². The summed E-state index contributed by atoms with van der Waals surface area (Å²) < 4.78 is 0. The highest BCUT2D eigenvalue weighted by Crippen LogP contribution is 2.12. The quantitative estimate of drug-likeness (QED) is 0.870. The number of carbonyl (C=O) groups excluding carboxylic acids is 1. The average molecular weight is 272 g/mol. The molecule has 106 valence electrons. The predicted octanol–water partition coefficient (Wildman–Crippen LogP) is 1.88. The number of nitrogens with zero attached hydrogens (tertiary/aromatic N) is 2. The highest BCUT2D eigenvalue weighted by atomic mass is 16.1. The Hall–Kier alpha value is -2.01. The summed E-state index contributed by atoms with van der Waals surface area (Å²) in [7, 11) is 0. The third kappa shape index (κ3) is 3.11. The van der Waals surface area contributed by atoms with Gasteiger partial charge in [-0.3, -0.25) is 14.8 Å². The van der Waals surface area contributed by atoms with Crippen LogP contribution in [-0.2, 0) is 0 Å². The SMILES string of the molecule is CCC(N)(CC)CNC(=O)c1ccc2nccnc2c1. The predicted molar refractivity (Wildman–Crippen MR) is 79.4 cm³/mol. The Morgan fingerprint density at radius 2 is 1.85 bits per heavy atom. The second-order valence-corrected chi connectivity index (χ2v) is 5.01. The minimum atomic E-state index is -0.341. The van der Waals surface area contributed by atoms with Crippen LogP contribution in [0.15, 0.2) is 30.6 Å². The maximum absolute atomic E-state index is 12.2. The first kappa shape index (κ1) is 14.4. The van der Waals surface area contributed by atoms with E-state index in [1.54, 1.807) is 30.6 Å². The number of amides is 1. The fourth-order valence-corrected chi connectivity index (χ4v) is 1.96. The van der Waals surface area contributed by atoms with Crippen LogP contribution in [0.4, 0.5) is 0 Å². The minimum absolute atomic E-state index is 0.130. The van der Waals surface area contributed by atoms with Gasteiger partial charge in [-0.05, 0) is 31.0 Å². The van der Waals surface area contributed by atoms with Gasteiger partial charge in [-0.2, -0.15) is 0 Å². The molecule has 0 aliphatic carbocycles. The van der Waals surface area contributed by atoms with Crippen LogP contribution in [0.1, 0.15) is 37.0 Å². The van der Waals surface area contributed by atoms with Crippen LogP contribution in [0.5, 0.6) is 0 Å². The molecule has 0 bridgehead atoms. The molecule has 1 aromatic carbocycles. The van der Waals surface area contributed by atoms with Gasteiger partial charge in [-0.15, -0.1) is 0 Å². The lowest BCUT2D eigenvalue weighted by molar-refractivity contribution is 0.0942. The molecule has 0 aliphatic rings. The zero-order chi connectivity index (χ0) is 14.6. The Morgan fingerprint density at radius 1 is 1.20 bits per heavy atom. The summed E-state index contributed by atoms with van der Waals surface area (Å²) in [6.07, 6.45) is 4.90. The lowest BCUT2D eigenvalue weighted by atomic mass is 9.94. The van der Waals surface area contributed by atoms with Gasteiger partial charge in [0.1, 0.15) is 0 Å². The van der Waals surface area contributed by atoms with E-state index < -0.39 is 0 Å². The molecule has 0 saturated carbocycles. The van der Waals surface area contributed by atoms with Crippen molar-refractivity contribution in [2.24, 2.45) is 5.73 Å². The molecule has 0 fully saturated rings. The number of hydrogen-bond acceptors (Lipinski definition) is 4. The fourth-order valence-electron chi connectivity index (χ4n) is 1.96. The fraction of sp³-hybridized carbons (Fsp3) is 0.400. The van der Waals surface area contributed by atoms with Gasteiger partial charge in [0.2, 0.25) is 0 Å². The molecule has 0 spiro atoms. The molecule has 1 amide bonds. The zero-order valence-electron chi connectivity index (χ0n) is 11.9. The van der Waals surface area contributed by atoms with E-state index in [1.165, 1.54) is 0 Å². The van der Waals surface area contributed by atoms with Crippen molar-refractivity contribution >= 4 is 16.9 Å². The third-order valence-electron chi connectivity index (χ3n) is 3.74. The summed E-state index contributed by atoms with van der Waals surface area (Å²) in [6.45, 7) is 4.53. The number of fused-ring (bicyclic) bond motifs is 1. The molecule has 2 aromatic rings. The van der Waals surface area contributed by atoms with Crippen molar-refractivity contribution in [2.45, 2.75) is 32.2 Å². The highest BCUT2D eigenvalue weighted by molar-refractivity contribution is 5.97. The van der Waals surface area contributed by atoms with E-state index in [0.717, 1.165) is 18.4 Å². The average Bonchev–Trinajstić information content (AvgIpc) is 2.51. The molecule has 2 rings (SSSR count). The van der Waals surface area contributed by atoms with Crippen molar-refractivity contribution in [3.05, 3.63) is 36.2 Å². The van der Waals surface area contributed by atoms with Gasteiger partial charge >= 0.3 is 0 Å². The number of benzene rings is 1. The van der Waals surface area contributed by atoms with Crippen LogP contribution in [0.2, 0.25) is 0 Å². The van der Waals surface area contributed by atoms with Gasteiger partial charge in [0.15, 0.2) is 0 Å². The highest BCUT2D eigenvalue weighted by Gasteiger charge is 2.21. The van der Waals surface area contributed by atoms with Crippen LogP contribution >= 0.6 is 0 Å². The monoisotopic (exact) mass is 272 g/mol. The van der Waals surface area contributed by atoms with Crippen molar-refractivity contribution < 1.29 is 4.79 Å². The molecule has 1 heterocycles. The molecule has 0 radical (unpaired) electrons. The number of rotatable bonds is 5. The molecule has 0 aliphatic heterocycles. The van der Waals surface area contributed by atoms with Crippen LogP contribution in [0.25, 0.3) is 11.0 Å². The van der Waals surface area contributed by atoms with Crippen molar-refractivity contribution in [3.8, 4) is 0 Å². The van der Waals surface area contributed by atoms with E-state index in [1.807, 2.05) is 13.8 Å². The van der Waals surface area contributed by atoms with Crippen LogP contribution in [0.3, 0.4) is 0 Å². The zero-order valence-corrected chi connectivity index (χ0v) is 11.9. The number of aromatic nitrogens is 2. The molecular formula is C15H20N4O. The van der Waals surface area contributed by atoms with Gasteiger partial charge < -0.3 is 11.1 Å². The first-order valence-electron chi connectivity index (χ1n) is 6.86. The third-order valence-corrected chi connectivity index (χ3v) is 3.74. The van der Waals surface area contributed by atoms with E-state index in [2.05, 4.69) is 15.3 Å². The van der Waals surface area contributed by atoms with Crippen molar-refractivity contribution in [2.75, 3.05) is 6.54 Å². The summed E-state index contributed by atoms with van der Waals surface area (Å²) in [4.78, 5) is 20.5. The molecule has 0 atom stereocenters. The first-order chi connectivity index (χ1) is 9.58.